The molecule has 0 N–H and O–H groups in total. The Morgan fingerprint density at radius 2 is 1.63 bits per heavy atom. The molecule has 0 aliphatic heterocycles. The van der Waals surface area contributed by atoms with Crippen molar-refractivity contribution in [2.24, 2.45) is 0 Å². The summed E-state index contributed by atoms with van der Waals surface area (Å²) in [6.45, 7) is 0. The summed E-state index contributed by atoms with van der Waals surface area (Å²) < 4.78 is 37.6. The Kier molecular flexibility index (Phi) is 3.62. The van der Waals surface area contributed by atoms with E-state index in [0.29, 0.717) is 5.56 Å². The van der Waals surface area contributed by atoms with Gasteiger partial charge in [0, 0.05) is 10.6 Å². The Labute approximate surface area is 112 Å². The van der Waals surface area contributed by atoms with Crippen LogP contribution in [0.3, 0.4) is 0 Å². The van der Waals surface area contributed by atoms with E-state index in [0.717, 1.165) is 6.07 Å². The van der Waals surface area contributed by atoms with E-state index >= 15 is 0 Å². The zero-order valence-electron chi connectivity index (χ0n) is 9.54. The smallest absolute Gasteiger partial charge is 0.284 e. The van der Waals surface area contributed by atoms with Crippen LogP contribution in [0.1, 0.15) is 10.4 Å². The molecule has 0 saturated heterocycles. The van der Waals surface area contributed by atoms with Crippen molar-refractivity contribution in [1.29, 1.82) is 0 Å². The molecular weight excluding hydrogens is 277 g/mol. The topological polar surface area (TPSA) is 17.1 Å². The number of rotatable bonds is 2. The third-order valence-corrected chi connectivity index (χ3v) is 2.80. The van der Waals surface area contributed by atoms with Crippen LogP contribution in [0.4, 0.5) is 13.2 Å². The Morgan fingerprint density at radius 1 is 1.00 bits per heavy atom. The van der Waals surface area contributed by atoms with E-state index < -0.39 is 17.5 Å². The number of Topliss-reactive ketones (excluding diaryl/α,β-unsaturated/α-hetero) is 1. The number of carbonyl (C=O) groups is 1. The Bertz CT molecular complexity index is 606. The van der Waals surface area contributed by atoms with E-state index in [1.165, 1.54) is 12.1 Å². The normalized spacial score (nSPS) is 11.4. The van der Waals surface area contributed by atoms with Crippen molar-refractivity contribution < 1.29 is 18.0 Å². The number of hydrogen-bond donors (Lipinski definition) is 0. The Balaban J connectivity index is 2.61. The lowest BCUT2D eigenvalue weighted by molar-refractivity contribution is -0.0884. The molecule has 2 rings (SSSR count). The van der Waals surface area contributed by atoms with Crippen LogP contribution in [0.25, 0.3) is 11.1 Å². The molecule has 0 bridgehead atoms. The molecular formula is C14H8ClF3O. The van der Waals surface area contributed by atoms with Gasteiger partial charge in [-0.25, -0.2) is 0 Å². The van der Waals surface area contributed by atoms with E-state index in [9.17, 15) is 18.0 Å². The van der Waals surface area contributed by atoms with Crippen molar-refractivity contribution in [3.8, 4) is 11.1 Å². The minimum absolute atomic E-state index is 0.176. The van der Waals surface area contributed by atoms with Crippen LogP contribution in [0.2, 0.25) is 5.02 Å². The highest BCUT2D eigenvalue weighted by Crippen LogP contribution is 2.31. The largest absolute Gasteiger partial charge is 0.454 e. The molecule has 2 aromatic rings. The van der Waals surface area contributed by atoms with E-state index in [1.807, 2.05) is 0 Å². The lowest BCUT2D eigenvalue weighted by Crippen LogP contribution is -2.23. The minimum atomic E-state index is -4.91. The monoisotopic (exact) mass is 284 g/mol. The number of benzene rings is 2. The van der Waals surface area contributed by atoms with Crippen LogP contribution in [0.15, 0.2) is 48.5 Å². The highest BCUT2D eigenvalue weighted by atomic mass is 35.5. The predicted octanol–water partition coefficient (Wildman–Crippen LogP) is 4.75. The summed E-state index contributed by atoms with van der Waals surface area (Å²) in [6.07, 6.45) is -4.91. The molecule has 0 atom stereocenters. The predicted molar refractivity (Wildman–Crippen MR) is 67.3 cm³/mol. The summed E-state index contributed by atoms with van der Waals surface area (Å²) >= 11 is 5.79. The number of ketones is 1. The zero-order valence-corrected chi connectivity index (χ0v) is 10.3. The molecule has 0 fully saturated rings. The fourth-order valence-electron chi connectivity index (χ4n) is 1.72. The summed E-state index contributed by atoms with van der Waals surface area (Å²) in [4.78, 5) is 11.4. The average Bonchev–Trinajstić information content (AvgIpc) is 2.38. The lowest BCUT2D eigenvalue weighted by atomic mass is 9.97. The molecule has 0 unspecified atom stereocenters. The van der Waals surface area contributed by atoms with Gasteiger partial charge in [-0.1, -0.05) is 41.9 Å². The van der Waals surface area contributed by atoms with Crippen LogP contribution < -0.4 is 0 Å². The van der Waals surface area contributed by atoms with Crippen LogP contribution in [-0.2, 0) is 0 Å². The Morgan fingerprint density at radius 3 is 2.21 bits per heavy atom. The summed E-state index contributed by atoms with van der Waals surface area (Å²) in [7, 11) is 0. The maximum atomic E-state index is 12.5. The third kappa shape index (κ3) is 2.96. The first-order valence-electron chi connectivity index (χ1n) is 5.36. The van der Waals surface area contributed by atoms with Crippen LogP contribution >= 0.6 is 11.6 Å². The van der Waals surface area contributed by atoms with Gasteiger partial charge >= 0.3 is 6.18 Å². The van der Waals surface area contributed by atoms with Crippen molar-refractivity contribution in [3.63, 3.8) is 0 Å². The molecule has 0 radical (unpaired) electrons. The molecule has 0 amide bonds. The van der Waals surface area contributed by atoms with Crippen molar-refractivity contribution in [2.45, 2.75) is 6.18 Å². The SMILES string of the molecule is O=C(c1ccc(Cl)cc1-c1ccccc1)C(F)(F)F. The van der Waals surface area contributed by atoms with Crippen molar-refractivity contribution >= 4 is 17.4 Å². The highest BCUT2D eigenvalue weighted by Gasteiger charge is 2.40. The molecule has 5 heteroatoms. The molecule has 2 aromatic carbocycles. The highest BCUT2D eigenvalue weighted by molar-refractivity contribution is 6.31. The molecule has 0 heterocycles. The first kappa shape index (κ1) is 13.6. The molecule has 0 saturated carbocycles. The van der Waals surface area contributed by atoms with Gasteiger partial charge in [-0.15, -0.1) is 0 Å². The molecule has 0 aliphatic rings. The maximum Gasteiger partial charge on any atom is 0.454 e. The fraction of sp³-hybridized carbons (Fsp3) is 0.0714. The second kappa shape index (κ2) is 5.05. The second-order valence-electron chi connectivity index (χ2n) is 3.88. The lowest BCUT2D eigenvalue weighted by Gasteiger charge is -2.11. The first-order chi connectivity index (χ1) is 8.89. The molecule has 19 heavy (non-hydrogen) atoms. The van der Waals surface area contributed by atoms with Crippen LogP contribution in [0, 0.1) is 0 Å². The van der Waals surface area contributed by atoms with Gasteiger partial charge in [-0.2, -0.15) is 13.2 Å². The van der Waals surface area contributed by atoms with Crippen molar-refractivity contribution in [1.82, 2.24) is 0 Å². The molecule has 98 valence electrons. The van der Waals surface area contributed by atoms with Crippen molar-refractivity contribution in [3.05, 3.63) is 59.1 Å². The number of carbonyl (C=O) groups excluding carboxylic acids is 1. The van der Waals surface area contributed by atoms with E-state index in [1.54, 1.807) is 30.3 Å². The molecule has 0 aromatic heterocycles. The summed E-state index contributed by atoms with van der Waals surface area (Å²) in [5.74, 6) is -1.87. The van der Waals surface area contributed by atoms with Gasteiger partial charge in [0.25, 0.3) is 5.78 Å². The number of halogens is 4. The zero-order chi connectivity index (χ0) is 14.0. The summed E-state index contributed by atoms with van der Waals surface area (Å²) in [5.41, 5.74) is 0.288. The van der Waals surface area contributed by atoms with Gasteiger partial charge in [0.2, 0.25) is 0 Å². The van der Waals surface area contributed by atoms with E-state index in [4.69, 9.17) is 11.6 Å². The van der Waals surface area contributed by atoms with Crippen LogP contribution in [-0.4, -0.2) is 12.0 Å². The summed E-state index contributed by atoms with van der Waals surface area (Å²) in [6, 6.07) is 12.1. The van der Waals surface area contributed by atoms with Gasteiger partial charge in [-0.05, 0) is 29.3 Å². The Hall–Kier alpha value is -1.81. The van der Waals surface area contributed by atoms with E-state index in [2.05, 4.69) is 0 Å². The van der Waals surface area contributed by atoms with Gasteiger partial charge in [-0.3, -0.25) is 4.79 Å². The fourth-order valence-corrected chi connectivity index (χ4v) is 1.90. The molecule has 1 nitrogen and oxygen atoms in total. The summed E-state index contributed by atoms with van der Waals surface area (Å²) in [5, 5.41) is 0.276. The number of hydrogen-bond acceptors (Lipinski definition) is 1. The molecule has 0 spiro atoms. The van der Waals surface area contributed by atoms with E-state index in [-0.39, 0.29) is 10.6 Å². The third-order valence-electron chi connectivity index (χ3n) is 2.57. The standard InChI is InChI=1S/C14H8ClF3O/c15-10-6-7-11(13(19)14(16,17)18)12(8-10)9-4-2-1-3-5-9/h1-8H. The van der Waals surface area contributed by atoms with Crippen LogP contribution in [0.5, 0.6) is 0 Å². The number of alkyl halides is 3. The minimum Gasteiger partial charge on any atom is -0.284 e. The average molecular weight is 285 g/mol. The van der Waals surface area contributed by atoms with Gasteiger partial charge in [0.05, 0.1) is 0 Å². The maximum absolute atomic E-state index is 12.5. The molecule has 0 aliphatic carbocycles. The van der Waals surface area contributed by atoms with Crippen molar-refractivity contribution in [2.75, 3.05) is 0 Å². The van der Waals surface area contributed by atoms with Gasteiger partial charge in [0.1, 0.15) is 0 Å². The first-order valence-corrected chi connectivity index (χ1v) is 5.74. The van der Waals surface area contributed by atoms with Gasteiger partial charge < -0.3 is 0 Å². The van der Waals surface area contributed by atoms with Gasteiger partial charge in [0.15, 0.2) is 0 Å². The quantitative estimate of drug-likeness (QED) is 0.727. The second-order valence-corrected chi connectivity index (χ2v) is 4.32.